The summed E-state index contributed by atoms with van der Waals surface area (Å²) in [7, 11) is 0. The summed E-state index contributed by atoms with van der Waals surface area (Å²) in [5, 5.41) is 11.7. The van der Waals surface area contributed by atoms with E-state index < -0.39 is 0 Å². The molecular weight excluding hydrogens is 324 g/mol. The van der Waals surface area contributed by atoms with Crippen LogP contribution >= 0.6 is 0 Å². The smallest absolute Gasteiger partial charge is 0.315 e. The molecule has 1 fully saturated rings. The van der Waals surface area contributed by atoms with Crippen LogP contribution in [0.5, 0.6) is 0 Å². The zero-order valence-corrected chi connectivity index (χ0v) is 14.8. The number of benzene rings is 2. The van der Waals surface area contributed by atoms with Gasteiger partial charge in [0.25, 0.3) is 0 Å². The topological polar surface area (TPSA) is 54.2 Å². The normalized spacial score (nSPS) is 15.8. The van der Waals surface area contributed by atoms with Gasteiger partial charge in [-0.3, -0.25) is 4.90 Å². The number of hydrogen-bond donors (Lipinski definition) is 1. The van der Waals surface area contributed by atoms with Crippen molar-refractivity contribution in [3.05, 3.63) is 77.7 Å². The molecule has 1 aliphatic heterocycles. The number of aromatic nitrogens is 2. The maximum Gasteiger partial charge on any atom is 0.315 e. The maximum atomic E-state index is 5.77. The maximum absolute atomic E-state index is 5.77. The largest absolute Gasteiger partial charge is 0.408 e. The van der Waals surface area contributed by atoms with Crippen molar-refractivity contribution in [3.8, 4) is 0 Å². The van der Waals surface area contributed by atoms with Crippen LogP contribution in [-0.2, 0) is 13.0 Å². The van der Waals surface area contributed by atoms with Gasteiger partial charge in [-0.05, 0) is 24.0 Å². The van der Waals surface area contributed by atoms with E-state index in [9.17, 15) is 0 Å². The Hall–Kier alpha value is -2.66. The van der Waals surface area contributed by atoms with E-state index in [1.54, 1.807) is 0 Å². The fraction of sp³-hybridized carbons (Fsp3) is 0.333. The predicted octanol–water partition coefficient (Wildman–Crippen LogP) is 3.74. The van der Waals surface area contributed by atoms with E-state index >= 15 is 0 Å². The molecule has 134 valence electrons. The quantitative estimate of drug-likeness (QED) is 0.735. The van der Waals surface area contributed by atoms with Gasteiger partial charge in [-0.1, -0.05) is 65.8 Å². The lowest BCUT2D eigenvalue weighted by atomic mass is 10.0. The number of anilines is 1. The molecule has 5 nitrogen and oxygen atoms in total. The minimum Gasteiger partial charge on any atom is -0.408 e. The Morgan fingerprint density at radius 1 is 0.885 bits per heavy atom. The Bertz CT molecular complexity index is 795. The molecule has 1 aromatic heterocycles. The zero-order valence-electron chi connectivity index (χ0n) is 14.8. The lowest BCUT2D eigenvalue weighted by molar-refractivity contribution is 0.210. The van der Waals surface area contributed by atoms with Crippen LogP contribution in [-0.4, -0.2) is 34.2 Å². The van der Waals surface area contributed by atoms with E-state index in [2.05, 4.69) is 62.9 Å². The van der Waals surface area contributed by atoms with E-state index in [0.717, 1.165) is 32.5 Å². The van der Waals surface area contributed by atoms with Gasteiger partial charge in [0, 0.05) is 25.7 Å². The molecule has 1 N–H and O–H groups in total. The molecule has 0 spiro atoms. The monoisotopic (exact) mass is 348 g/mol. The van der Waals surface area contributed by atoms with Gasteiger partial charge in [0.05, 0.1) is 6.42 Å². The summed E-state index contributed by atoms with van der Waals surface area (Å²) in [6.07, 6.45) is 2.84. The fourth-order valence-corrected chi connectivity index (χ4v) is 3.41. The second kappa shape index (κ2) is 8.15. The lowest BCUT2D eigenvalue weighted by Gasteiger charge is -2.31. The predicted molar refractivity (Wildman–Crippen MR) is 102 cm³/mol. The van der Waals surface area contributed by atoms with Crippen LogP contribution in [0, 0.1) is 0 Å². The third-order valence-electron chi connectivity index (χ3n) is 4.83. The van der Waals surface area contributed by atoms with E-state index in [4.69, 9.17) is 4.42 Å². The molecule has 1 aliphatic rings. The minimum atomic E-state index is 0.395. The molecule has 26 heavy (non-hydrogen) atoms. The van der Waals surface area contributed by atoms with Crippen LogP contribution in [0.4, 0.5) is 6.01 Å². The van der Waals surface area contributed by atoms with Gasteiger partial charge in [-0.2, -0.15) is 0 Å². The molecule has 3 aromatic rings. The van der Waals surface area contributed by atoms with Crippen LogP contribution in [0.2, 0.25) is 0 Å². The van der Waals surface area contributed by atoms with Crippen molar-refractivity contribution in [3.63, 3.8) is 0 Å². The number of nitrogens with one attached hydrogen (secondary N) is 1. The summed E-state index contributed by atoms with van der Waals surface area (Å²) >= 11 is 0. The third kappa shape index (κ3) is 4.49. The van der Waals surface area contributed by atoms with Crippen molar-refractivity contribution in [2.75, 3.05) is 18.4 Å². The minimum absolute atomic E-state index is 0.395. The number of piperidine rings is 1. The van der Waals surface area contributed by atoms with Gasteiger partial charge in [0.1, 0.15) is 0 Å². The first-order valence-electron chi connectivity index (χ1n) is 9.24. The van der Waals surface area contributed by atoms with Gasteiger partial charge in [0.2, 0.25) is 5.89 Å². The third-order valence-corrected chi connectivity index (χ3v) is 4.83. The molecule has 0 atom stereocenters. The van der Waals surface area contributed by atoms with Crippen LogP contribution in [0.15, 0.2) is 65.1 Å². The highest BCUT2D eigenvalue weighted by molar-refractivity contribution is 5.23. The summed E-state index contributed by atoms with van der Waals surface area (Å²) in [4.78, 5) is 2.50. The van der Waals surface area contributed by atoms with Gasteiger partial charge in [-0.15, -0.1) is 5.10 Å². The first-order valence-corrected chi connectivity index (χ1v) is 9.24. The molecule has 0 aliphatic carbocycles. The van der Waals surface area contributed by atoms with Gasteiger partial charge in [0.15, 0.2) is 0 Å². The first-order chi connectivity index (χ1) is 12.8. The molecule has 2 aromatic carbocycles. The number of nitrogens with zero attached hydrogens (tertiary/aromatic N) is 3. The van der Waals surface area contributed by atoms with E-state index in [1.165, 1.54) is 11.1 Å². The number of likely N-dealkylation sites (tertiary alicyclic amines) is 1. The molecule has 0 bridgehead atoms. The Morgan fingerprint density at radius 3 is 2.23 bits per heavy atom. The molecule has 0 unspecified atom stereocenters. The van der Waals surface area contributed by atoms with Crippen LogP contribution in [0.1, 0.15) is 29.9 Å². The highest BCUT2D eigenvalue weighted by Crippen LogP contribution is 2.18. The fourth-order valence-electron chi connectivity index (χ4n) is 3.41. The summed E-state index contributed by atoms with van der Waals surface area (Å²) in [6, 6.07) is 21.8. The molecule has 0 saturated carbocycles. The molecule has 0 radical (unpaired) electrons. The Labute approximate surface area is 154 Å². The Balaban J connectivity index is 1.26. The highest BCUT2D eigenvalue weighted by atomic mass is 16.4. The van der Waals surface area contributed by atoms with Crippen molar-refractivity contribution in [1.29, 1.82) is 0 Å². The lowest BCUT2D eigenvalue weighted by Crippen LogP contribution is -2.38. The molecular formula is C21H24N4O. The van der Waals surface area contributed by atoms with E-state index in [-0.39, 0.29) is 0 Å². The second-order valence-corrected chi connectivity index (χ2v) is 6.84. The molecule has 2 heterocycles. The number of rotatable bonds is 6. The van der Waals surface area contributed by atoms with Crippen LogP contribution < -0.4 is 5.32 Å². The number of hydrogen-bond acceptors (Lipinski definition) is 5. The van der Waals surface area contributed by atoms with Crippen molar-refractivity contribution in [2.45, 2.75) is 31.8 Å². The van der Waals surface area contributed by atoms with Crippen LogP contribution in [0.3, 0.4) is 0 Å². The summed E-state index contributed by atoms with van der Waals surface area (Å²) in [5.41, 5.74) is 2.55. The van der Waals surface area contributed by atoms with E-state index in [1.807, 2.05) is 18.2 Å². The Morgan fingerprint density at radius 2 is 1.54 bits per heavy atom. The summed E-state index contributed by atoms with van der Waals surface area (Å²) < 4.78 is 5.77. The standard InChI is InChI=1S/C21H24N4O/c1-3-7-17(8-4-1)15-20-23-24-21(26-20)22-19-11-13-25(14-12-19)16-18-9-5-2-6-10-18/h1-10,19H,11-16H2,(H,22,24). The van der Waals surface area contributed by atoms with Gasteiger partial charge >= 0.3 is 6.01 Å². The van der Waals surface area contributed by atoms with Gasteiger partial charge < -0.3 is 9.73 Å². The van der Waals surface area contributed by atoms with Crippen LogP contribution in [0.25, 0.3) is 0 Å². The average molecular weight is 348 g/mol. The van der Waals surface area contributed by atoms with Crippen molar-refractivity contribution >= 4 is 6.01 Å². The summed E-state index contributed by atoms with van der Waals surface area (Å²) in [5.74, 6) is 0.653. The van der Waals surface area contributed by atoms with Crippen molar-refractivity contribution in [2.24, 2.45) is 0 Å². The van der Waals surface area contributed by atoms with Crippen molar-refractivity contribution < 1.29 is 4.42 Å². The molecule has 5 heteroatoms. The zero-order chi connectivity index (χ0) is 17.6. The Kier molecular flexibility index (Phi) is 5.26. The molecule has 0 amide bonds. The SMILES string of the molecule is c1ccc(Cc2nnc(NC3CCN(Cc4ccccc4)CC3)o2)cc1. The highest BCUT2D eigenvalue weighted by Gasteiger charge is 2.20. The second-order valence-electron chi connectivity index (χ2n) is 6.84. The first kappa shape index (κ1) is 16.8. The molecule has 1 saturated heterocycles. The molecule has 4 rings (SSSR count). The van der Waals surface area contributed by atoms with Crippen molar-refractivity contribution in [1.82, 2.24) is 15.1 Å². The summed E-state index contributed by atoms with van der Waals surface area (Å²) in [6.45, 7) is 3.19. The average Bonchev–Trinajstić information content (AvgIpc) is 3.12. The van der Waals surface area contributed by atoms with E-state index in [0.29, 0.717) is 24.4 Å². The van der Waals surface area contributed by atoms with Gasteiger partial charge in [-0.25, -0.2) is 0 Å².